The van der Waals surface area contributed by atoms with Crippen LogP contribution in [0.2, 0.25) is 0 Å². The van der Waals surface area contributed by atoms with Crippen molar-refractivity contribution in [2.45, 2.75) is 26.4 Å². The summed E-state index contributed by atoms with van der Waals surface area (Å²) in [4.78, 5) is 48.1. The molecule has 1 aromatic heterocycles. The van der Waals surface area contributed by atoms with Crippen molar-refractivity contribution in [3.8, 4) is 0 Å². The van der Waals surface area contributed by atoms with E-state index in [0.717, 1.165) is 12.1 Å². The van der Waals surface area contributed by atoms with E-state index in [-0.39, 0.29) is 23.6 Å². The van der Waals surface area contributed by atoms with Crippen LogP contribution in [0.4, 0.5) is 4.39 Å². The molecule has 0 unspecified atom stereocenters. The van der Waals surface area contributed by atoms with Crippen molar-refractivity contribution in [2.75, 3.05) is 0 Å². The topological polar surface area (TPSA) is 109 Å². The second-order valence-corrected chi connectivity index (χ2v) is 6.41. The highest BCUT2D eigenvalue weighted by Gasteiger charge is 2.25. The monoisotopic (exact) mass is 388 g/mol. The number of carbonyl (C=O) groups is 3. The van der Waals surface area contributed by atoms with Gasteiger partial charge in [0, 0.05) is 17.8 Å². The first kappa shape index (κ1) is 20.8. The third-order valence-electron chi connectivity index (χ3n) is 3.88. The maximum atomic E-state index is 13.0. The Bertz CT molecular complexity index is 909. The average Bonchev–Trinajstić information content (AvgIpc) is 2.66. The summed E-state index contributed by atoms with van der Waals surface area (Å²) >= 11 is 0. The summed E-state index contributed by atoms with van der Waals surface area (Å²) in [7, 11) is 0. The van der Waals surface area contributed by atoms with E-state index < -0.39 is 29.6 Å². The van der Waals surface area contributed by atoms with Gasteiger partial charge < -0.3 is 9.88 Å². The van der Waals surface area contributed by atoms with Crippen molar-refractivity contribution in [1.29, 1.82) is 0 Å². The SMILES string of the molecule is CC(C)[C@H](NC(=O)c1ccc(F)cc1)C(=O)NNC(=O)Cn1ccccc1=O. The zero-order chi connectivity index (χ0) is 20.7. The first-order chi connectivity index (χ1) is 13.3. The Kier molecular flexibility index (Phi) is 7.02. The fourth-order valence-electron chi connectivity index (χ4n) is 2.36. The highest BCUT2D eigenvalue weighted by atomic mass is 19.1. The highest BCUT2D eigenvalue weighted by molar-refractivity contribution is 5.97. The quantitative estimate of drug-likeness (QED) is 0.629. The number of pyridine rings is 1. The Balaban J connectivity index is 1.94. The van der Waals surface area contributed by atoms with Gasteiger partial charge in [-0.1, -0.05) is 19.9 Å². The van der Waals surface area contributed by atoms with Crippen LogP contribution >= 0.6 is 0 Å². The van der Waals surface area contributed by atoms with Gasteiger partial charge in [-0.05, 0) is 36.2 Å². The second-order valence-electron chi connectivity index (χ2n) is 6.41. The van der Waals surface area contributed by atoms with E-state index in [1.807, 2.05) is 0 Å². The molecule has 1 aromatic carbocycles. The molecule has 2 aromatic rings. The Morgan fingerprint density at radius 1 is 1.04 bits per heavy atom. The number of carbonyl (C=O) groups excluding carboxylic acids is 3. The zero-order valence-electron chi connectivity index (χ0n) is 15.4. The molecule has 0 saturated carbocycles. The zero-order valence-corrected chi connectivity index (χ0v) is 15.4. The molecule has 0 aliphatic rings. The summed E-state index contributed by atoms with van der Waals surface area (Å²) in [5, 5.41) is 2.55. The molecule has 3 amide bonds. The van der Waals surface area contributed by atoms with Crippen molar-refractivity contribution in [3.63, 3.8) is 0 Å². The van der Waals surface area contributed by atoms with Gasteiger partial charge >= 0.3 is 0 Å². The normalized spacial score (nSPS) is 11.6. The third-order valence-corrected chi connectivity index (χ3v) is 3.88. The smallest absolute Gasteiger partial charge is 0.261 e. The molecule has 9 heteroatoms. The van der Waals surface area contributed by atoms with Crippen molar-refractivity contribution in [2.24, 2.45) is 5.92 Å². The lowest BCUT2D eigenvalue weighted by atomic mass is 10.0. The number of rotatable bonds is 6. The molecular formula is C19H21FN4O4. The van der Waals surface area contributed by atoms with Crippen LogP contribution in [0, 0.1) is 11.7 Å². The first-order valence-electron chi connectivity index (χ1n) is 8.58. The van der Waals surface area contributed by atoms with Crippen molar-refractivity contribution in [3.05, 3.63) is 70.4 Å². The molecule has 8 nitrogen and oxygen atoms in total. The van der Waals surface area contributed by atoms with Crippen LogP contribution in [0.3, 0.4) is 0 Å². The summed E-state index contributed by atoms with van der Waals surface area (Å²) in [6.45, 7) is 3.18. The van der Waals surface area contributed by atoms with Gasteiger partial charge in [0.05, 0.1) is 0 Å². The number of nitrogens with zero attached hydrogens (tertiary/aromatic N) is 1. The lowest BCUT2D eigenvalue weighted by molar-refractivity contribution is -0.130. The summed E-state index contributed by atoms with van der Waals surface area (Å²) in [6.07, 6.45) is 1.45. The van der Waals surface area contributed by atoms with Crippen LogP contribution in [0.25, 0.3) is 0 Å². The molecule has 0 radical (unpaired) electrons. The number of benzene rings is 1. The summed E-state index contributed by atoms with van der Waals surface area (Å²) in [6, 6.07) is 8.43. The lowest BCUT2D eigenvalue weighted by Crippen LogP contribution is -2.54. The number of hydrogen-bond acceptors (Lipinski definition) is 4. The molecule has 0 spiro atoms. The van der Waals surface area contributed by atoms with Gasteiger partial charge in [0.25, 0.3) is 23.3 Å². The van der Waals surface area contributed by atoms with E-state index in [1.165, 1.54) is 29.0 Å². The number of halogens is 1. The number of hydrogen-bond donors (Lipinski definition) is 3. The van der Waals surface area contributed by atoms with E-state index in [0.29, 0.717) is 0 Å². The van der Waals surface area contributed by atoms with Crippen LogP contribution < -0.4 is 21.7 Å². The Morgan fingerprint density at radius 3 is 2.32 bits per heavy atom. The minimum absolute atomic E-state index is 0.201. The van der Waals surface area contributed by atoms with Gasteiger partial charge in [0.15, 0.2) is 0 Å². The standard InChI is InChI=1S/C19H21FN4O4/c1-12(2)17(21-18(27)13-6-8-14(20)9-7-13)19(28)23-22-15(25)11-24-10-4-3-5-16(24)26/h3-10,12,17H,11H2,1-2H3,(H,21,27)(H,22,25)(H,23,28)/t17-/m0/s1. The van der Waals surface area contributed by atoms with Gasteiger partial charge in [0.1, 0.15) is 18.4 Å². The molecule has 0 aliphatic heterocycles. The molecule has 148 valence electrons. The predicted octanol–water partition coefficient (Wildman–Crippen LogP) is 0.589. The highest BCUT2D eigenvalue weighted by Crippen LogP contribution is 2.06. The molecule has 2 rings (SSSR count). The summed E-state index contributed by atoms with van der Waals surface area (Å²) in [5.74, 6) is -2.53. The maximum Gasteiger partial charge on any atom is 0.261 e. The largest absolute Gasteiger partial charge is 0.340 e. The van der Waals surface area contributed by atoms with E-state index in [4.69, 9.17) is 0 Å². The van der Waals surface area contributed by atoms with Crippen molar-refractivity contribution in [1.82, 2.24) is 20.7 Å². The van der Waals surface area contributed by atoms with Gasteiger partial charge in [-0.2, -0.15) is 0 Å². The van der Waals surface area contributed by atoms with Gasteiger partial charge in [-0.15, -0.1) is 0 Å². The van der Waals surface area contributed by atoms with E-state index in [1.54, 1.807) is 26.0 Å². The third kappa shape index (κ3) is 5.76. The minimum Gasteiger partial charge on any atom is -0.340 e. The Morgan fingerprint density at radius 2 is 1.71 bits per heavy atom. The molecule has 1 heterocycles. The van der Waals surface area contributed by atoms with E-state index in [2.05, 4.69) is 16.2 Å². The molecule has 3 N–H and O–H groups in total. The summed E-state index contributed by atoms with van der Waals surface area (Å²) < 4.78 is 14.1. The lowest BCUT2D eigenvalue weighted by Gasteiger charge is -2.22. The molecule has 0 saturated heterocycles. The molecular weight excluding hydrogens is 367 g/mol. The molecule has 1 atom stereocenters. The van der Waals surface area contributed by atoms with Crippen molar-refractivity contribution >= 4 is 17.7 Å². The second kappa shape index (κ2) is 9.45. The minimum atomic E-state index is -0.933. The fraction of sp³-hybridized carbons (Fsp3) is 0.263. The molecule has 0 aliphatic carbocycles. The first-order valence-corrected chi connectivity index (χ1v) is 8.58. The molecule has 28 heavy (non-hydrogen) atoms. The van der Waals surface area contributed by atoms with E-state index in [9.17, 15) is 23.6 Å². The maximum absolute atomic E-state index is 13.0. The van der Waals surface area contributed by atoms with Gasteiger partial charge in [0.2, 0.25) is 0 Å². The Labute approximate surface area is 160 Å². The van der Waals surface area contributed by atoms with Crippen LogP contribution in [-0.2, 0) is 16.1 Å². The number of aromatic nitrogens is 1. The van der Waals surface area contributed by atoms with Gasteiger partial charge in [-0.25, -0.2) is 4.39 Å². The van der Waals surface area contributed by atoms with Crippen LogP contribution in [0.1, 0.15) is 24.2 Å². The predicted molar refractivity (Wildman–Crippen MR) is 99.5 cm³/mol. The Hall–Kier alpha value is -3.49. The van der Waals surface area contributed by atoms with E-state index >= 15 is 0 Å². The fourth-order valence-corrected chi connectivity index (χ4v) is 2.36. The molecule has 0 bridgehead atoms. The van der Waals surface area contributed by atoms with Crippen LogP contribution in [0.15, 0.2) is 53.5 Å². The molecule has 0 fully saturated rings. The number of nitrogens with one attached hydrogen (secondary N) is 3. The number of hydrazine groups is 1. The van der Waals surface area contributed by atoms with Crippen LogP contribution in [-0.4, -0.2) is 28.3 Å². The van der Waals surface area contributed by atoms with Crippen molar-refractivity contribution < 1.29 is 18.8 Å². The van der Waals surface area contributed by atoms with Gasteiger partial charge in [-0.3, -0.25) is 30.0 Å². The number of amides is 3. The van der Waals surface area contributed by atoms with Crippen LogP contribution in [0.5, 0.6) is 0 Å². The average molecular weight is 388 g/mol. The summed E-state index contributed by atoms with van der Waals surface area (Å²) in [5.41, 5.74) is 4.31.